The van der Waals surface area contributed by atoms with Crippen molar-refractivity contribution in [3.05, 3.63) is 59.7 Å². The molecule has 0 saturated carbocycles. The van der Waals surface area contributed by atoms with E-state index in [0.717, 1.165) is 30.1 Å². The lowest BCUT2D eigenvalue weighted by Gasteiger charge is -2.51. The number of sulfonamides is 1. The topological polar surface area (TPSA) is 319 Å². The number of amides is 1. The average Bonchev–Trinajstić information content (AvgIpc) is 0.774. The molecule has 0 bridgehead atoms. The number of nitrogens with zero attached hydrogens (tertiary/aromatic N) is 1. The monoisotopic (exact) mass is 1590 g/mol. The summed E-state index contributed by atoms with van der Waals surface area (Å²) < 4.78 is 165. The van der Waals surface area contributed by atoms with Gasteiger partial charge in [-0.2, -0.15) is 4.72 Å². The Hall–Kier alpha value is -3.79. The van der Waals surface area contributed by atoms with Gasteiger partial charge in [-0.15, -0.1) is 0 Å². The Morgan fingerprint density at radius 1 is 0.555 bits per heavy atom. The molecule has 632 valence electrons. The van der Waals surface area contributed by atoms with Crippen LogP contribution in [0.25, 0.3) is 0 Å². The quantitative estimate of drug-likeness (QED) is 0.0556. The number of carbonyl (C=O) groups is 2. The smallest absolute Gasteiger partial charge is 0.322 e. The van der Waals surface area contributed by atoms with E-state index in [4.69, 9.17) is 104 Å². The molecule has 6 saturated heterocycles. The molecule has 6 aliphatic heterocycles. The number of likely N-dealkylation sites (tertiary alicyclic amines) is 1. The van der Waals surface area contributed by atoms with Crippen LogP contribution in [0.1, 0.15) is 118 Å². The maximum Gasteiger partial charge on any atom is 0.322 e. The standard InChI is InChI=1S/C53H97NO22.C26H36N2O5S/c1-17-34-38(29(4)30(5)50(71-34)73-37-28-68-51(46(60-13)41(37)57-10)76-43-36(19-3)70-49(63-16)31(6)39(43)56-9)74-52-47(61-14)44(58-11)40(32(7)69-52)75-53-48(62-15)45(59-12)42(35(18-2)72-53)67-27-26-66-25-24-65-23-22-64-21-20-54-33(8)55;1-20-6-5-8-24(18-20)34(31,32)27-25(26(29)30)19-22-9-11-23(12-10-22)33-17-4-3-7-21-13-15-28(2)16-14-21/h29-32,34-53H,17-28H2,1-16H3,(H,54,55);5-6,8-12,18,21,25,27H,3-4,7,13-17,19H2,1-2H3,(H,29,30)/t29-,30-,31-,32-,34-,35-,36-,37-,38+,39-,40-,41?,42?,43-,44+,45+,46-,47-,48-,49+,50-,51+,52+,53-;25-/m11/s1. The fraction of sp³-hybridized carbons (Fsp3) is 0.823. The number of rotatable bonds is 44. The van der Waals surface area contributed by atoms with Gasteiger partial charge in [-0.1, -0.05) is 72.2 Å². The molecule has 6 aliphatic rings. The van der Waals surface area contributed by atoms with Crippen molar-refractivity contribution < 1.29 is 127 Å². The molecule has 31 heteroatoms. The molecular weight excluding hydrogens is 1450 g/mol. The number of unbranched alkanes of at least 4 members (excludes halogenated alkanes) is 1. The number of carbonyl (C=O) groups excluding carboxylic acids is 1. The van der Waals surface area contributed by atoms with Gasteiger partial charge in [0.1, 0.15) is 72.8 Å². The van der Waals surface area contributed by atoms with Crippen molar-refractivity contribution in [3.8, 4) is 5.75 Å². The first kappa shape index (κ1) is 93.4. The van der Waals surface area contributed by atoms with Crippen molar-refractivity contribution >= 4 is 21.9 Å². The summed E-state index contributed by atoms with van der Waals surface area (Å²) in [5.41, 5.74) is 1.50. The molecule has 0 aromatic heterocycles. The van der Waals surface area contributed by atoms with Crippen LogP contribution < -0.4 is 14.8 Å². The fourth-order valence-corrected chi connectivity index (χ4v) is 16.7. The summed E-state index contributed by atoms with van der Waals surface area (Å²) in [7, 11) is 11.2. The highest BCUT2D eigenvalue weighted by atomic mass is 32.2. The van der Waals surface area contributed by atoms with Gasteiger partial charge < -0.3 is 120 Å². The van der Waals surface area contributed by atoms with Gasteiger partial charge in [0.25, 0.3) is 0 Å². The van der Waals surface area contributed by atoms with Crippen molar-refractivity contribution in [1.82, 2.24) is 14.9 Å². The SMILES string of the molecule is CC[C@H]1O[C@H](O[C@H]2[C@H](OC)[C@@H](OC)[C@H](O[C@H]3[C@H](C)[C@@H](C)[C@@H](O[C@@H]4CO[C@@H](O[C@H]5[C@H](OC)[C@@H](C)[C@@H](OC)O[C@@H]5CC)[C@H](OC)C4OC)O[C@@H]3CC)O[C@@H]2C)[C@H](OC)[C@@H](OC)C1OCCOCCOCCOCCNC(C)=O.Cc1cccc(S(=O)(=O)N[C@H](Cc2ccc(OCCCCC3CCN(C)CC3)cc2)C(=O)O)c1. The van der Waals surface area contributed by atoms with Crippen LogP contribution in [-0.2, 0) is 126 Å². The maximum absolute atomic E-state index is 12.6. The van der Waals surface area contributed by atoms with E-state index in [9.17, 15) is 23.1 Å². The minimum atomic E-state index is -3.94. The molecule has 1 amide bonds. The van der Waals surface area contributed by atoms with Gasteiger partial charge in [0.05, 0.1) is 101 Å². The third kappa shape index (κ3) is 26.6. The van der Waals surface area contributed by atoms with Gasteiger partial charge in [0.2, 0.25) is 15.9 Å². The Morgan fingerprint density at radius 2 is 1.09 bits per heavy atom. The Bertz CT molecular complexity index is 3020. The van der Waals surface area contributed by atoms with Crippen LogP contribution in [0.4, 0.5) is 0 Å². The summed E-state index contributed by atoms with van der Waals surface area (Å²) >= 11 is 0. The van der Waals surface area contributed by atoms with Crippen molar-refractivity contribution in [3.63, 3.8) is 0 Å². The van der Waals surface area contributed by atoms with Crippen molar-refractivity contribution in [1.29, 1.82) is 0 Å². The Kier molecular flexibility index (Phi) is 40.8. The fourth-order valence-electron chi connectivity index (χ4n) is 15.4. The lowest BCUT2D eigenvalue weighted by atomic mass is 9.83. The molecule has 8 rings (SSSR count). The highest BCUT2D eigenvalue weighted by molar-refractivity contribution is 7.89. The molecule has 6 heterocycles. The molecule has 2 unspecified atom stereocenters. The van der Waals surface area contributed by atoms with Crippen LogP contribution >= 0.6 is 0 Å². The van der Waals surface area contributed by atoms with Crippen LogP contribution in [0.15, 0.2) is 53.4 Å². The zero-order chi connectivity index (χ0) is 80.0. The Labute approximate surface area is 653 Å². The lowest BCUT2D eigenvalue weighted by Crippen LogP contribution is -2.65. The summed E-state index contributed by atoms with van der Waals surface area (Å²) in [6.07, 6.45) is -3.86. The van der Waals surface area contributed by atoms with E-state index in [0.29, 0.717) is 84.2 Å². The number of aliphatic carboxylic acids is 1. The van der Waals surface area contributed by atoms with E-state index in [1.807, 2.05) is 27.7 Å². The molecule has 2 aromatic rings. The first-order valence-electron chi connectivity index (χ1n) is 39.4. The van der Waals surface area contributed by atoms with Crippen molar-refractivity contribution in [2.45, 2.75) is 260 Å². The molecule has 0 radical (unpaired) electrons. The van der Waals surface area contributed by atoms with Crippen LogP contribution in [0, 0.1) is 30.6 Å². The molecule has 2 aromatic carbocycles. The van der Waals surface area contributed by atoms with E-state index in [2.05, 4.69) is 42.8 Å². The Morgan fingerprint density at radius 3 is 1.67 bits per heavy atom. The van der Waals surface area contributed by atoms with E-state index >= 15 is 0 Å². The number of aryl methyl sites for hydroxylation is 1. The molecular formula is C79H133N3O27S. The summed E-state index contributed by atoms with van der Waals surface area (Å²) in [6.45, 7) is 23.9. The number of hydrogen-bond acceptors (Lipinski definition) is 27. The normalized spacial score (nSPS) is 33.5. The predicted molar refractivity (Wildman–Crippen MR) is 404 cm³/mol. The van der Waals surface area contributed by atoms with Gasteiger partial charge in [-0.05, 0) is 133 Å². The molecule has 30 nitrogen and oxygen atoms in total. The largest absolute Gasteiger partial charge is 0.494 e. The third-order valence-electron chi connectivity index (χ3n) is 21.9. The molecule has 110 heavy (non-hydrogen) atoms. The summed E-state index contributed by atoms with van der Waals surface area (Å²) in [5, 5.41) is 12.3. The average molecular weight is 1590 g/mol. The van der Waals surface area contributed by atoms with Crippen molar-refractivity contribution in [2.75, 3.05) is 143 Å². The number of ether oxygens (including phenoxy) is 22. The minimum Gasteiger partial charge on any atom is -0.494 e. The minimum absolute atomic E-state index is 0.0389. The van der Waals surface area contributed by atoms with Crippen LogP contribution in [-0.4, -0.2) is 308 Å². The van der Waals surface area contributed by atoms with Gasteiger partial charge in [-0.25, -0.2) is 8.42 Å². The number of methoxy groups -OCH3 is 8. The zero-order valence-corrected chi connectivity index (χ0v) is 69.2. The number of nitrogens with one attached hydrogen (secondary N) is 2. The molecule has 0 aliphatic carbocycles. The first-order chi connectivity index (χ1) is 53.0. The van der Waals surface area contributed by atoms with Gasteiger partial charge >= 0.3 is 5.97 Å². The number of hydrogen-bond donors (Lipinski definition) is 3. The number of piperidine rings is 1. The van der Waals surface area contributed by atoms with Crippen LogP contribution in [0.2, 0.25) is 0 Å². The maximum atomic E-state index is 12.6. The summed E-state index contributed by atoms with van der Waals surface area (Å²) in [4.78, 5) is 25.1. The van der Waals surface area contributed by atoms with Crippen LogP contribution in [0.5, 0.6) is 5.75 Å². The lowest BCUT2D eigenvalue weighted by molar-refractivity contribution is -0.380. The van der Waals surface area contributed by atoms with E-state index in [1.54, 1.807) is 100 Å². The number of carboxylic acids is 1. The van der Waals surface area contributed by atoms with E-state index < -0.39 is 133 Å². The second-order valence-electron chi connectivity index (χ2n) is 29.4. The van der Waals surface area contributed by atoms with Crippen LogP contribution in [0.3, 0.4) is 0 Å². The highest BCUT2D eigenvalue weighted by Gasteiger charge is 2.56. The third-order valence-corrected chi connectivity index (χ3v) is 23.4. The van der Waals surface area contributed by atoms with Gasteiger partial charge in [-0.3, -0.25) is 9.59 Å². The Balaban J connectivity index is 0.000000410. The molecule has 6 fully saturated rings. The highest BCUT2D eigenvalue weighted by Crippen LogP contribution is 2.42. The van der Waals surface area contributed by atoms with E-state index in [-0.39, 0.29) is 59.9 Å². The van der Waals surface area contributed by atoms with Crippen molar-refractivity contribution in [2.24, 2.45) is 23.7 Å². The number of benzene rings is 2. The molecule has 3 N–H and O–H groups in total. The summed E-state index contributed by atoms with van der Waals surface area (Å²) in [6, 6.07) is 12.3. The predicted octanol–water partition coefficient (Wildman–Crippen LogP) is 7.12. The number of carboxylic acid groups (broad SMARTS) is 1. The second kappa shape index (κ2) is 48.0. The van der Waals surface area contributed by atoms with Gasteiger partial charge in [0.15, 0.2) is 31.5 Å². The van der Waals surface area contributed by atoms with E-state index in [1.165, 1.54) is 51.4 Å². The molecule has 25 atom stereocenters. The molecule has 0 spiro atoms. The first-order valence-corrected chi connectivity index (χ1v) is 40.8. The second-order valence-corrected chi connectivity index (χ2v) is 31.1. The zero-order valence-electron chi connectivity index (χ0n) is 68.4. The summed E-state index contributed by atoms with van der Waals surface area (Å²) in [5.74, 6) is -0.0432. The van der Waals surface area contributed by atoms with Gasteiger partial charge in [0, 0.05) is 82.2 Å².